The number of carbonyl (C=O) groups excluding carboxylic acids is 1. The van der Waals surface area contributed by atoms with Crippen molar-refractivity contribution in [2.45, 2.75) is 13.5 Å². The van der Waals surface area contributed by atoms with Crippen LogP contribution < -0.4 is 9.47 Å². The van der Waals surface area contributed by atoms with Crippen molar-refractivity contribution in [1.82, 2.24) is 9.78 Å². The summed E-state index contributed by atoms with van der Waals surface area (Å²) < 4.78 is 17.1. The molecule has 1 aromatic heterocycles. The van der Waals surface area contributed by atoms with Gasteiger partial charge >= 0.3 is 5.97 Å². The third-order valence-corrected chi connectivity index (χ3v) is 3.11. The van der Waals surface area contributed by atoms with Crippen molar-refractivity contribution >= 4 is 11.7 Å². The minimum atomic E-state index is -0.810. The molecule has 2 rings (SSSR count). The van der Waals surface area contributed by atoms with Crippen molar-refractivity contribution in [2.24, 2.45) is 0 Å². The molecular formula is C15H17N3O6. The van der Waals surface area contributed by atoms with E-state index in [-0.39, 0.29) is 23.7 Å². The van der Waals surface area contributed by atoms with E-state index in [9.17, 15) is 14.9 Å². The van der Waals surface area contributed by atoms with E-state index in [4.69, 9.17) is 14.2 Å². The highest BCUT2D eigenvalue weighted by Crippen LogP contribution is 2.35. The number of esters is 1. The van der Waals surface area contributed by atoms with Gasteiger partial charge in [0.25, 0.3) is 5.69 Å². The fourth-order valence-corrected chi connectivity index (χ4v) is 2.03. The molecule has 0 bridgehead atoms. The number of nitro benzene ring substituents is 1. The molecule has 0 spiro atoms. The number of methoxy groups -OCH3 is 1. The normalized spacial score (nSPS) is 10.2. The molecule has 0 aliphatic heterocycles. The van der Waals surface area contributed by atoms with Crippen LogP contribution in [0.25, 0.3) is 0 Å². The van der Waals surface area contributed by atoms with Gasteiger partial charge in [-0.1, -0.05) is 0 Å². The lowest BCUT2D eigenvalue weighted by molar-refractivity contribution is -0.385. The van der Waals surface area contributed by atoms with Crippen molar-refractivity contribution in [3.8, 4) is 11.5 Å². The lowest BCUT2D eigenvalue weighted by Crippen LogP contribution is -2.13. The van der Waals surface area contributed by atoms with Crippen LogP contribution >= 0.6 is 0 Å². The fraction of sp³-hybridized carbons (Fsp3) is 0.333. The molecule has 9 heteroatoms. The maximum atomic E-state index is 12.2. The summed E-state index contributed by atoms with van der Waals surface area (Å²) in [5, 5.41) is 15.2. The van der Waals surface area contributed by atoms with E-state index in [1.165, 1.54) is 13.2 Å². The van der Waals surface area contributed by atoms with E-state index in [1.807, 2.05) is 0 Å². The Morgan fingerprint density at radius 2 is 2.17 bits per heavy atom. The largest absolute Gasteiger partial charge is 0.493 e. The molecule has 0 N–H and O–H groups in total. The first-order valence-corrected chi connectivity index (χ1v) is 7.20. The van der Waals surface area contributed by atoms with Crippen LogP contribution in [0.5, 0.6) is 11.5 Å². The van der Waals surface area contributed by atoms with Crippen molar-refractivity contribution in [3.05, 3.63) is 46.3 Å². The summed E-state index contributed by atoms with van der Waals surface area (Å²) in [5.74, 6) is -0.392. The molecule has 128 valence electrons. The maximum Gasteiger partial charge on any atom is 0.345 e. The van der Waals surface area contributed by atoms with Crippen molar-refractivity contribution in [2.75, 3.05) is 20.3 Å². The SMILES string of the molecule is CCOc1cc([N+](=O)[O-])c(C(=O)OCCn2cccn2)cc1OC. The first-order valence-electron chi connectivity index (χ1n) is 7.20. The quantitative estimate of drug-likeness (QED) is 0.413. The van der Waals surface area contributed by atoms with Crippen molar-refractivity contribution in [1.29, 1.82) is 0 Å². The topological polar surface area (TPSA) is 106 Å². The first-order chi connectivity index (χ1) is 11.6. The van der Waals surface area contributed by atoms with Gasteiger partial charge in [-0.25, -0.2) is 4.79 Å². The fourth-order valence-electron chi connectivity index (χ4n) is 2.03. The van der Waals surface area contributed by atoms with Gasteiger partial charge in [-0.15, -0.1) is 0 Å². The third kappa shape index (κ3) is 4.00. The molecule has 0 aliphatic rings. The predicted molar refractivity (Wildman–Crippen MR) is 83.3 cm³/mol. The number of carbonyl (C=O) groups is 1. The Hall–Kier alpha value is -3.10. The van der Waals surface area contributed by atoms with Crippen LogP contribution in [0.3, 0.4) is 0 Å². The van der Waals surface area contributed by atoms with Crippen molar-refractivity contribution in [3.63, 3.8) is 0 Å². The number of hydrogen-bond acceptors (Lipinski definition) is 7. The minimum Gasteiger partial charge on any atom is -0.493 e. The van der Waals surface area contributed by atoms with Gasteiger partial charge in [-0.2, -0.15) is 5.10 Å². The van der Waals surface area contributed by atoms with Gasteiger partial charge in [-0.05, 0) is 13.0 Å². The molecule has 0 aliphatic carbocycles. The van der Waals surface area contributed by atoms with E-state index in [2.05, 4.69) is 5.10 Å². The molecule has 0 amide bonds. The summed E-state index contributed by atoms with van der Waals surface area (Å²) in [6, 6.07) is 4.15. The van der Waals surface area contributed by atoms with E-state index in [0.29, 0.717) is 13.2 Å². The highest BCUT2D eigenvalue weighted by molar-refractivity contribution is 5.95. The number of nitro groups is 1. The second-order valence-corrected chi connectivity index (χ2v) is 4.62. The Kier molecular flexibility index (Phi) is 5.72. The van der Waals surface area contributed by atoms with Gasteiger partial charge in [0.2, 0.25) is 0 Å². The molecule has 0 saturated heterocycles. The van der Waals surface area contributed by atoms with Crippen LogP contribution in [0.15, 0.2) is 30.6 Å². The number of nitrogens with zero attached hydrogens (tertiary/aromatic N) is 3. The maximum absolute atomic E-state index is 12.2. The molecule has 0 atom stereocenters. The Balaban J connectivity index is 2.19. The van der Waals surface area contributed by atoms with Crippen LogP contribution in [0.1, 0.15) is 17.3 Å². The Morgan fingerprint density at radius 1 is 1.38 bits per heavy atom. The lowest BCUT2D eigenvalue weighted by atomic mass is 10.1. The second-order valence-electron chi connectivity index (χ2n) is 4.62. The third-order valence-electron chi connectivity index (χ3n) is 3.11. The van der Waals surface area contributed by atoms with Crippen molar-refractivity contribution < 1.29 is 23.9 Å². The molecule has 1 heterocycles. The molecule has 9 nitrogen and oxygen atoms in total. The second kappa shape index (κ2) is 7.95. The number of benzene rings is 1. The molecule has 0 saturated carbocycles. The zero-order valence-corrected chi connectivity index (χ0v) is 13.3. The summed E-state index contributed by atoms with van der Waals surface area (Å²) in [5.41, 5.74) is -0.593. The van der Waals surface area contributed by atoms with E-state index < -0.39 is 16.6 Å². The molecule has 2 aromatic rings. The highest BCUT2D eigenvalue weighted by Gasteiger charge is 2.25. The van der Waals surface area contributed by atoms with E-state index in [1.54, 1.807) is 30.1 Å². The summed E-state index contributed by atoms with van der Waals surface area (Å²) in [6.45, 7) is 2.43. The molecule has 1 aromatic carbocycles. The minimum absolute atomic E-state index is 0.0349. The molecule has 0 unspecified atom stereocenters. The standard InChI is InChI=1S/C15H17N3O6/c1-3-23-14-10-12(18(20)21)11(9-13(14)22-2)15(19)24-8-7-17-6-4-5-16-17/h4-6,9-10H,3,7-8H2,1-2H3. The van der Waals surface area contributed by atoms with Crippen LogP contribution in [0, 0.1) is 10.1 Å². The zero-order valence-electron chi connectivity index (χ0n) is 13.3. The average Bonchev–Trinajstić information content (AvgIpc) is 3.07. The van der Waals surface area contributed by atoms with E-state index >= 15 is 0 Å². The zero-order chi connectivity index (χ0) is 17.5. The molecule has 0 fully saturated rings. The van der Waals surface area contributed by atoms with Crippen LogP contribution in [0.4, 0.5) is 5.69 Å². The summed E-state index contributed by atoms with van der Waals surface area (Å²) in [6.07, 6.45) is 3.32. The van der Waals surface area contributed by atoms with Gasteiger partial charge in [0.1, 0.15) is 12.2 Å². The molecule has 24 heavy (non-hydrogen) atoms. The Morgan fingerprint density at radius 3 is 2.75 bits per heavy atom. The monoisotopic (exact) mass is 335 g/mol. The number of rotatable bonds is 8. The van der Waals surface area contributed by atoms with Crippen LogP contribution in [0.2, 0.25) is 0 Å². The molecular weight excluding hydrogens is 318 g/mol. The number of hydrogen-bond donors (Lipinski definition) is 0. The van der Waals surface area contributed by atoms with Gasteiger partial charge in [0, 0.05) is 18.5 Å². The van der Waals surface area contributed by atoms with Gasteiger partial charge in [0.15, 0.2) is 11.5 Å². The van der Waals surface area contributed by atoms with Crippen LogP contribution in [-0.2, 0) is 11.3 Å². The molecule has 0 radical (unpaired) electrons. The first kappa shape index (κ1) is 17.3. The highest BCUT2D eigenvalue weighted by atomic mass is 16.6. The smallest absolute Gasteiger partial charge is 0.345 e. The van der Waals surface area contributed by atoms with E-state index in [0.717, 1.165) is 6.07 Å². The Labute approximate surface area is 137 Å². The van der Waals surface area contributed by atoms with Gasteiger partial charge in [0.05, 0.1) is 31.3 Å². The Bertz CT molecular complexity index is 714. The van der Waals surface area contributed by atoms with Gasteiger partial charge < -0.3 is 14.2 Å². The van der Waals surface area contributed by atoms with Gasteiger partial charge in [-0.3, -0.25) is 14.8 Å². The summed E-state index contributed by atoms with van der Waals surface area (Å²) in [4.78, 5) is 22.8. The lowest BCUT2D eigenvalue weighted by Gasteiger charge is -2.11. The number of ether oxygens (including phenoxy) is 3. The van der Waals surface area contributed by atoms with Crippen LogP contribution in [-0.4, -0.2) is 41.0 Å². The summed E-state index contributed by atoms with van der Waals surface area (Å²) >= 11 is 0. The predicted octanol–water partition coefficient (Wildman–Crippen LogP) is 2.06. The summed E-state index contributed by atoms with van der Waals surface area (Å²) in [7, 11) is 1.39. The number of aromatic nitrogens is 2. The average molecular weight is 335 g/mol.